The molecule has 0 bridgehead atoms. The van der Waals surface area contributed by atoms with Gasteiger partial charge in [-0.3, -0.25) is 4.79 Å². The van der Waals surface area contributed by atoms with Crippen molar-refractivity contribution in [1.82, 2.24) is 0 Å². The summed E-state index contributed by atoms with van der Waals surface area (Å²) >= 11 is 0. The number of hydrogen-bond acceptors (Lipinski definition) is 4. The first-order chi connectivity index (χ1) is 9.31. The van der Waals surface area contributed by atoms with E-state index in [1.54, 1.807) is 30.5 Å². The molecule has 0 radical (unpaired) electrons. The van der Waals surface area contributed by atoms with Crippen molar-refractivity contribution >= 4 is 5.78 Å². The van der Waals surface area contributed by atoms with Crippen LogP contribution < -0.4 is 0 Å². The minimum Gasteiger partial charge on any atom is -0.461 e. The minimum atomic E-state index is 0.192. The maximum Gasteiger partial charge on any atom is 0.203 e. The van der Waals surface area contributed by atoms with Crippen LogP contribution in [0.25, 0.3) is 0 Å². The maximum absolute atomic E-state index is 11.6. The quantitative estimate of drug-likeness (QED) is 0.767. The van der Waals surface area contributed by atoms with E-state index in [4.69, 9.17) is 9.68 Å². The van der Waals surface area contributed by atoms with Gasteiger partial charge >= 0.3 is 0 Å². The Labute approximate surface area is 111 Å². The lowest BCUT2D eigenvalue weighted by Crippen LogP contribution is -2.09. The molecular weight excluding hydrogens is 242 g/mol. The molecule has 3 rings (SSSR count). The Hall–Kier alpha value is -2.28. The Morgan fingerprint density at radius 3 is 2.32 bits per heavy atom. The monoisotopic (exact) mass is 257 g/mol. The van der Waals surface area contributed by atoms with E-state index in [9.17, 15) is 4.79 Å². The molecule has 4 nitrogen and oxygen atoms in total. The second-order valence-corrected chi connectivity index (χ2v) is 4.41. The molecule has 19 heavy (non-hydrogen) atoms. The zero-order chi connectivity index (χ0) is 13.5. The molecule has 1 aliphatic carbocycles. The zero-order valence-electron chi connectivity index (χ0n) is 10.5. The average molecular weight is 257 g/mol. The number of furan rings is 2. The van der Waals surface area contributed by atoms with Crippen LogP contribution in [0.15, 0.2) is 45.6 Å². The van der Waals surface area contributed by atoms with Crippen LogP contribution in [0.4, 0.5) is 0 Å². The number of carbonyl (C=O) groups is 1. The van der Waals surface area contributed by atoms with E-state index in [1.165, 1.54) is 19.1 Å². The molecule has 0 aliphatic heterocycles. The lowest BCUT2D eigenvalue weighted by molar-refractivity contribution is 0.0894. The number of nitrogens with zero attached hydrogens (tertiary/aromatic N) is 1. The first-order valence-electron chi connectivity index (χ1n) is 6.32. The van der Waals surface area contributed by atoms with Crippen molar-refractivity contribution in [2.75, 3.05) is 0 Å². The van der Waals surface area contributed by atoms with E-state index >= 15 is 0 Å². The van der Waals surface area contributed by atoms with Gasteiger partial charge in [-0.25, -0.2) is 0 Å². The standard InChI is InChI=1S/C10H12O2.C5H3NO/c11-10(8-4-1-2-5-8)9-6-3-7-12-9;6-4-5-2-1-3-7-5/h3,6-8H,1-2,4-5H2;1-3H. The largest absolute Gasteiger partial charge is 0.461 e. The van der Waals surface area contributed by atoms with Gasteiger partial charge in [-0.1, -0.05) is 12.8 Å². The van der Waals surface area contributed by atoms with E-state index in [0.717, 1.165) is 12.8 Å². The number of carbonyl (C=O) groups excluding carboxylic acids is 1. The molecule has 0 atom stereocenters. The molecule has 2 heterocycles. The predicted molar refractivity (Wildman–Crippen MR) is 68.4 cm³/mol. The summed E-state index contributed by atoms with van der Waals surface area (Å²) in [5.74, 6) is 1.32. The van der Waals surface area contributed by atoms with Gasteiger partial charge in [0.2, 0.25) is 11.5 Å². The Balaban J connectivity index is 0.000000163. The second-order valence-electron chi connectivity index (χ2n) is 4.41. The summed E-state index contributed by atoms with van der Waals surface area (Å²) in [6.45, 7) is 0. The third kappa shape index (κ3) is 3.59. The van der Waals surface area contributed by atoms with Crippen molar-refractivity contribution in [3.05, 3.63) is 48.3 Å². The van der Waals surface area contributed by atoms with Gasteiger partial charge in [0.05, 0.1) is 12.5 Å². The predicted octanol–water partition coefficient (Wildman–Crippen LogP) is 3.80. The van der Waals surface area contributed by atoms with Gasteiger partial charge in [0.15, 0.2) is 5.76 Å². The fourth-order valence-corrected chi connectivity index (χ4v) is 2.15. The van der Waals surface area contributed by atoms with Crippen LogP contribution in [-0.4, -0.2) is 5.78 Å². The van der Waals surface area contributed by atoms with Crippen LogP contribution >= 0.6 is 0 Å². The van der Waals surface area contributed by atoms with Crippen molar-refractivity contribution in [2.45, 2.75) is 25.7 Å². The Morgan fingerprint density at radius 2 is 1.84 bits per heavy atom. The fourth-order valence-electron chi connectivity index (χ4n) is 2.15. The number of nitriles is 1. The lowest BCUT2D eigenvalue weighted by atomic mass is 10.0. The van der Waals surface area contributed by atoms with Gasteiger partial charge < -0.3 is 8.83 Å². The highest BCUT2D eigenvalue weighted by atomic mass is 16.3. The first-order valence-corrected chi connectivity index (χ1v) is 6.32. The van der Waals surface area contributed by atoms with Crippen LogP contribution in [0.5, 0.6) is 0 Å². The molecule has 0 saturated heterocycles. The van der Waals surface area contributed by atoms with Crippen LogP contribution in [0, 0.1) is 17.2 Å². The summed E-state index contributed by atoms with van der Waals surface area (Å²) < 4.78 is 9.68. The van der Waals surface area contributed by atoms with Crippen LogP contribution in [0.2, 0.25) is 0 Å². The van der Waals surface area contributed by atoms with Crippen molar-refractivity contribution in [3.63, 3.8) is 0 Å². The van der Waals surface area contributed by atoms with Crippen LogP contribution in [0.3, 0.4) is 0 Å². The lowest BCUT2D eigenvalue weighted by Gasteiger charge is -2.03. The molecule has 1 aliphatic rings. The normalized spacial score (nSPS) is 14.5. The summed E-state index contributed by atoms with van der Waals surface area (Å²) in [6, 6.07) is 8.65. The highest BCUT2D eigenvalue weighted by Crippen LogP contribution is 2.27. The second kappa shape index (κ2) is 6.60. The number of ketones is 1. The first kappa shape index (κ1) is 13.2. The fraction of sp³-hybridized carbons (Fsp3) is 0.333. The van der Waals surface area contributed by atoms with Crippen molar-refractivity contribution in [1.29, 1.82) is 5.26 Å². The van der Waals surface area contributed by atoms with E-state index in [1.807, 2.05) is 6.07 Å². The molecule has 0 aromatic carbocycles. The molecule has 1 saturated carbocycles. The minimum absolute atomic E-state index is 0.192. The zero-order valence-corrected chi connectivity index (χ0v) is 10.5. The molecule has 1 fully saturated rings. The molecule has 0 spiro atoms. The summed E-state index contributed by atoms with van der Waals surface area (Å²) in [5, 5.41) is 8.08. The third-order valence-corrected chi connectivity index (χ3v) is 3.12. The molecule has 0 N–H and O–H groups in total. The summed E-state index contributed by atoms with van der Waals surface area (Å²) in [7, 11) is 0. The molecule has 4 heteroatoms. The van der Waals surface area contributed by atoms with Gasteiger partial charge in [-0.2, -0.15) is 5.26 Å². The number of hydrogen-bond donors (Lipinski definition) is 0. The Kier molecular flexibility index (Phi) is 4.57. The van der Waals surface area contributed by atoms with E-state index in [0.29, 0.717) is 11.5 Å². The van der Waals surface area contributed by atoms with Gasteiger partial charge in [0.1, 0.15) is 6.07 Å². The Morgan fingerprint density at radius 1 is 1.16 bits per heavy atom. The summed E-state index contributed by atoms with van der Waals surface area (Å²) in [6.07, 6.45) is 7.49. The van der Waals surface area contributed by atoms with E-state index in [2.05, 4.69) is 4.42 Å². The van der Waals surface area contributed by atoms with Crippen LogP contribution in [0.1, 0.15) is 42.0 Å². The smallest absolute Gasteiger partial charge is 0.203 e. The van der Waals surface area contributed by atoms with Gasteiger partial charge in [0, 0.05) is 5.92 Å². The van der Waals surface area contributed by atoms with E-state index < -0.39 is 0 Å². The molecule has 2 aromatic heterocycles. The number of rotatable bonds is 2. The summed E-state index contributed by atoms with van der Waals surface area (Å²) in [4.78, 5) is 11.6. The maximum atomic E-state index is 11.6. The molecular formula is C15H15NO3. The van der Waals surface area contributed by atoms with Crippen molar-refractivity contribution in [2.24, 2.45) is 5.92 Å². The van der Waals surface area contributed by atoms with Crippen LogP contribution in [-0.2, 0) is 0 Å². The van der Waals surface area contributed by atoms with Gasteiger partial charge in [-0.05, 0) is 37.1 Å². The molecule has 2 aromatic rings. The summed E-state index contributed by atoms with van der Waals surface area (Å²) in [5.41, 5.74) is 0. The number of Topliss-reactive ketones (excluding diaryl/α,β-unsaturated/α-hetero) is 1. The SMILES string of the molecule is N#Cc1ccco1.O=C(c1ccco1)C1CCCC1. The average Bonchev–Trinajstić information content (AvgIpc) is 3.19. The van der Waals surface area contributed by atoms with Gasteiger partial charge in [-0.15, -0.1) is 0 Å². The van der Waals surface area contributed by atoms with Crippen molar-refractivity contribution in [3.8, 4) is 6.07 Å². The Bertz CT molecular complexity index is 528. The van der Waals surface area contributed by atoms with Crippen molar-refractivity contribution < 1.29 is 13.6 Å². The molecule has 0 amide bonds. The van der Waals surface area contributed by atoms with Gasteiger partial charge in [0.25, 0.3) is 0 Å². The molecule has 0 unspecified atom stereocenters. The highest BCUT2D eigenvalue weighted by Gasteiger charge is 2.25. The highest BCUT2D eigenvalue weighted by molar-refractivity contribution is 5.95. The van der Waals surface area contributed by atoms with E-state index in [-0.39, 0.29) is 11.7 Å². The third-order valence-electron chi connectivity index (χ3n) is 3.12. The topological polar surface area (TPSA) is 67.1 Å². The molecule has 98 valence electrons.